The maximum atomic E-state index is 9.76. The fourth-order valence-electron chi connectivity index (χ4n) is 2.68. The molecule has 1 aliphatic carbocycles. The van der Waals surface area contributed by atoms with Crippen molar-refractivity contribution < 1.29 is 5.11 Å². The van der Waals surface area contributed by atoms with Crippen LogP contribution in [0.25, 0.3) is 0 Å². The molecule has 0 bridgehead atoms. The number of benzene rings is 1. The van der Waals surface area contributed by atoms with Crippen LogP contribution in [-0.4, -0.2) is 11.7 Å². The SMILES string of the molecule is CCCCCCNC1CCc2c(O)cccc21. The molecule has 1 aromatic rings. The molecule has 0 heterocycles. The van der Waals surface area contributed by atoms with Gasteiger partial charge in [-0.1, -0.05) is 38.3 Å². The number of aromatic hydroxyl groups is 1. The van der Waals surface area contributed by atoms with Crippen molar-refractivity contribution in [2.45, 2.75) is 51.5 Å². The van der Waals surface area contributed by atoms with E-state index in [2.05, 4.69) is 18.3 Å². The highest BCUT2D eigenvalue weighted by Crippen LogP contribution is 2.36. The van der Waals surface area contributed by atoms with E-state index in [0.29, 0.717) is 11.8 Å². The molecule has 17 heavy (non-hydrogen) atoms. The Labute approximate surface area is 104 Å². The van der Waals surface area contributed by atoms with Gasteiger partial charge < -0.3 is 10.4 Å². The second-order valence-corrected chi connectivity index (χ2v) is 4.95. The predicted molar refractivity (Wildman–Crippen MR) is 71.3 cm³/mol. The van der Waals surface area contributed by atoms with Gasteiger partial charge in [-0.3, -0.25) is 0 Å². The lowest BCUT2D eigenvalue weighted by atomic mass is 10.1. The number of phenolic OH excluding ortho intramolecular Hbond substituents is 1. The van der Waals surface area contributed by atoms with Gasteiger partial charge in [0.1, 0.15) is 5.75 Å². The van der Waals surface area contributed by atoms with Crippen molar-refractivity contribution in [1.29, 1.82) is 0 Å². The molecule has 0 saturated carbocycles. The van der Waals surface area contributed by atoms with Crippen LogP contribution in [0.3, 0.4) is 0 Å². The molecule has 2 nitrogen and oxygen atoms in total. The van der Waals surface area contributed by atoms with Crippen LogP contribution in [0.4, 0.5) is 0 Å². The molecule has 1 aliphatic rings. The summed E-state index contributed by atoms with van der Waals surface area (Å²) < 4.78 is 0. The lowest BCUT2D eigenvalue weighted by Gasteiger charge is -2.14. The first-order chi connectivity index (χ1) is 8.33. The summed E-state index contributed by atoms with van der Waals surface area (Å²) in [5, 5.41) is 13.4. The Morgan fingerprint density at radius 2 is 2.18 bits per heavy atom. The van der Waals surface area contributed by atoms with Crippen molar-refractivity contribution >= 4 is 0 Å². The van der Waals surface area contributed by atoms with Gasteiger partial charge in [0, 0.05) is 6.04 Å². The van der Waals surface area contributed by atoms with Crippen molar-refractivity contribution in [3.8, 4) is 5.75 Å². The molecular weight excluding hydrogens is 210 g/mol. The Morgan fingerprint density at radius 1 is 1.29 bits per heavy atom. The Kier molecular flexibility index (Phi) is 4.43. The van der Waals surface area contributed by atoms with E-state index in [1.165, 1.54) is 31.2 Å². The predicted octanol–water partition coefficient (Wildman–Crippen LogP) is 3.55. The van der Waals surface area contributed by atoms with E-state index in [1.807, 2.05) is 6.07 Å². The first-order valence-electron chi connectivity index (χ1n) is 6.87. The van der Waals surface area contributed by atoms with Gasteiger partial charge in [-0.15, -0.1) is 0 Å². The highest BCUT2D eigenvalue weighted by Gasteiger charge is 2.23. The van der Waals surface area contributed by atoms with Crippen molar-refractivity contribution in [2.75, 3.05) is 6.54 Å². The smallest absolute Gasteiger partial charge is 0.119 e. The van der Waals surface area contributed by atoms with Crippen LogP contribution < -0.4 is 5.32 Å². The van der Waals surface area contributed by atoms with Crippen LogP contribution >= 0.6 is 0 Å². The van der Waals surface area contributed by atoms with Crippen LogP contribution in [0.5, 0.6) is 5.75 Å². The number of nitrogens with one attached hydrogen (secondary N) is 1. The summed E-state index contributed by atoms with van der Waals surface area (Å²) in [7, 11) is 0. The van der Waals surface area contributed by atoms with Crippen molar-refractivity contribution in [3.63, 3.8) is 0 Å². The number of unbranched alkanes of at least 4 members (excludes halogenated alkanes) is 3. The lowest BCUT2D eigenvalue weighted by Crippen LogP contribution is -2.20. The second kappa shape index (κ2) is 6.06. The summed E-state index contributed by atoms with van der Waals surface area (Å²) >= 11 is 0. The second-order valence-electron chi connectivity index (χ2n) is 4.95. The molecule has 0 saturated heterocycles. The van der Waals surface area contributed by atoms with Crippen LogP contribution in [0.15, 0.2) is 18.2 Å². The molecule has 0 amide bonds. The third kappa shape index (κ3) is 3.01. The number of rotatable bonds is 6. The first-order valence-corrected chi connectivity index (χ1v) is 6.87. The maximum Gasteiger partial charge on any atom is 0.119 e. The molecule has 1 unspecified atom stereocenters. The fraction of sp³-hybridized carbons (Fsp3) is 0.600. The number of phenols is 1. The third-order valence-corrected chi connectivity index (χ3v) is 3.67. The highest BCUT2D eigenvalue weighted by molar-refractivity contribution is 5.44. The number of fused-ring (bicyclic) bond motifs is 1. The maximum absolute atomic E-state index is 9.76. The lowest BCUT2D eigenvalue weighted by molar-refractivity contribution is 0.469. The van der Waals surface area contributed by atoms with Gasteiger partial charge in [0.15, 0.2) is 0 Å². The van der Waals surface area contributed by atoms with E-state index < -0.39 is 0 Å². The summed E-state index contributed by atoms with van der Waals surface area (Å²) in [5.41, 5.74) is 2.46. The van der Waals surface area contributed by atoms with Crippen LogP contribution in [0.2, 0.25) is 0 Å². The Morgan fingerprint density at radius 3 is 3.00 bits per heavy atom. The zero-order valence-electron chi connectivity index (χ0n) is 10.7. The van der Waals surface area contributed by atoms with Crippen LogP contribution in [-0.2, 0) is 6.42 Å². The van der Waals surface area contributed by atoms with Crippen LogP contribution in [0.1, 0.15) is 56.2 Å². The fourth-order valence-corrected chi connectivity index (χ4v) is 2.68. The first kappa shape index (κ1) is 12.4. The molecular formula is C15H23NO. The van der Waals surface area contributed by atoms with Crippen molar-refractivity contribution in [3.05, 3.63) is 29.3 Å². The Hall–Kier alpha value is -1.02. The summed E-state index contributed by atoms with van der Waals surface area (Å²) in [6.45, 7) is 3.34. The van der Waals surface area contributed by atoms with E-state index in [9.17, 15) is 5.11 Å². The Bertz CT molecular complexity index is 362. The molecule has 0 fully saturated rings. The number of hydrogen-bond donors (Lipinski definition) is 2. The molecule has 0 spiro atoms. The summed E-state index contributed by atoms with van der Waals surface area (Å²) in [4.78, 5) is 0. The minimum atomic E-state index is 0.457. The van der Waals surface area contributed by atoms with Gasteiger partial charge in [-0.2, -0.15) is 0 Å². The summed E-state index contributed by atoms with van der Waals surface area (Å²) in [6.07, 6.45) is 7.35. The van der Waals surface area contributed by atoms with Gasteiger partial charge in [-0.05, 0) is 43.0 Å². The molecule has 1 atom stereocenters. The van der Waals surface area contributed by atoms with Gasteiger partial charge in [-0.25, -0.2) is 0 Å². The topological polar surface area (TPSA) is 32.3 Å². The molecule has 2 heteroatoms. The van der Waals surface area contributed by atoms with E-state index >= 15 is 0 Å². The summed E-state index contributed by atoms with van der Waals surface area (Å²) in [5.74, 6) is 0.470. The minimum Gasteiger partial charge on any atom is -0.508 e. The zero-order valence-corrected chi connectivity index (χ0v) is 10.7. The monoisotopic (exact) mass is 233 g/mol. The van der Waals surface area contributed by atoms with Gasteiger partial charge in [0.25, 0.3) is 0 Å². The standard InChI is InChI=1S/C15H23NO/c1-2-3-4-5-11-16-14-10-9-13-12(14)7-6-8-15(13)17/h6-8,14,16-17H,2-5,9-11H2,1H3. The van der Waals surface area contributed by atoms with Gasteiger partial charge in [0.2, 0.25) is 0 Å². The molecule has 1 aromatic carbocycles. The molecule has 0 aliphatic heterocycles. The minimum absolute atomic E-state index is 0.457. The van der Waals surface area contributed by atoms with E-state index in [4.69, 9.17) is 0 Å². The molecule has 94 valence electrons. The largest absolute Gasteiger partial charge is 0.508 e. The van der Waals surface area contributed by atoms with E-state index in [-0.39, 0.29) is 0 Å². The third-order valence-electron chi connectivity index (χ3n) is 3.67. The van der Waals surface area contributed by atoms with E-state index in [0.717, 1.165) is 24.9 Å². The number of hydrogen-bond acceptors (Lipinski definition) is 2. The van der Waals surface area contributed by atoms with Gasteiger partial charge >= 0.3 is 0 Å². The molecule has 0 aromatic heterocycles. The summed E-state index contributed by atoms with van der Waals surface area (Å²) in [6, 6.07) is 6.35. The van der Waals surface area contributed by atoms with Crippen LogP contribution in [0, 0.1) is 0 Å². The van der Waals surface area contributed by atoms with E-state index in [1.54, 1.807) is 6.07 Å². The van der Waals surface area contributed by atoms with Crippen molar-refractivity contribution in [1.82, 2.24) is 5.32 Å². The average Bonchev–Trinajstić information content (AvgIpc) is 2.74. The molecule has 2 N–H and O–H groups in total. The zero-order chi connectivity index (χ0) is 12.1. The normalized spacial score (nSPS) is 18.3. The van der Waals surface area contributed by atoms with Gasteiger partial charge in [0.05, 0.1) is 0 Å². The van der Waals surface area contributed by atoms with Crippen molar-refractivity contribution in [2.24, 2.45) is 0 Å². The Balaban J connectivity index is 1.83. The molecule has 2 rings (SSSR count). The highest BCUT2D eigenvalue weighted by atomic mass is 16.3. The quantitative estimate of drug-likeness (QED) is 0.736. The average molecular weight is 233 g/mol. The molecule has 0 radical (unpaired) electrons.